The summed E-state index contributed by atoms with van der Waals surface area (Å²) >= 11 is 0. The van der Waals surface area contributed by atoms with Gasteiger partial charge in [-0.05, 0) is 6.92 Å². The zero-order chi connectivity index (χ0) is 19.2. The van der Waals surface area contributed by atoms with Gasteiger partial charge in [-0.2, -0.15) is 5.26 Å². The van der Waals surface area contributed by atoms with E-state index in [1.54, 1.807) is 0 Å². The van der Waals surface area contributed by atoms with E-state index in [9.17, 15) is 4.79 Å². The molecule has 0 saturated heterocycles. The fraction of sp³-hybridized carbons (Fsp3) is 0.786. The standard InChI is InChI=1S/C10H22O7.C4H6O3/c11-1-9(2-12,3-13)7-17-8-10(4-14,5-15)6-16;1-3(2)4(5)7-6/h11-16H,1-8H2;6H,1H2,2H3. The first kappa shape index (κ1) is 25.1. The molecule has 0 atom stereocenters. The van der Waals surface area contributed by atoms with E-state index in [1.807, 2.05) is 0 Å². The van der Waals surface area contributed by atoms with Crippen LogP contribution in [0.15, 0.2) is 12.2 Å². The summed E-state index contributed by atoms with van der Waals surface area (Å²) < 4.78 is 5.15. The third-order valence-corrected chi connectivity index (χ3v) is 3.26. The van der Waals surface area contributed by atoms with E-state index in [0.29, 0.717) is 0 Å². The number of carbonyl (C=O) groups is 1. The van der Waals surface area contributed by atoms with E-state index in [-0.39, 0.29) is 18.8 Å². The van der Waals surface area contributed by atoms with Crippen molar-refractivity contribution in [2.45, 2.75) is 6.92 Å². The van der Waals surface area contributed by atoms with Crippen molar-refractivity contribution in [1.29, 1.82) is 0 Å². The lowest BCUT2D eigenvalue weighted by Gasteiger charge is -2.31. The minimum atomic E-state index is -1.16. The van der Waals surface area contributed by atoms with Gasteiger partial charge >= 0.3 is 5.97 Å². The van der Waals surface area contributed by atoms with E-state index < -0.39 is 56.4 Å². The normalized spacial score (nSPS) is 11.5. The molecule has 0 aliphatic carbocycles. The van der Waals surface area contributed by atoms with Gasteiger partial charge in [-0.1, -0.05) is 6.58 Å². The van der Waals surface area contributed by atoms with Crippen LogP contribution in [0.2, 0.25) is 0 Å². The Morgan fingerprint density at radius 3 is 1.25 bits per heavy atom. The average molecular weight is 356 g/mol. The van der Waals surface area contributed by atoms with Gasteiger partial charge in [-0.3, -0.25) is 4.89 Å². The zero-order valence-corrected chi connectivity index (χ0v) is 13.7. The molecule has 0 aliphatic heterocycles. The molecule has 0 aromatic rings. The lowest BCUT2D eigenvalue weighted by atomic mass is 9.91. The molecule has 0 aromatic heterocycles. The van der Waals surface area contributed by atoms with Crippen LogP contribution in [0.25, 0.3) is 0 Å². The van der Waals surface area contributed by atoms with Gasteiger partial charge in [0.2, 0.25) is 0 Å². The van der Waals surface area contributed by atoms with Crippen molar-refractivity contribution in [1.82, 2.24) is 0 Å². The minimum absolute atomic E-state index is 0.141. The summed E-state index contributed by atoms with van der Waals surface area (Å²) in [6, 6.07) is 0. The van der Waals surface area contributed by atoms with E-state index in [4.69, 9.17) is 40.6 Å². The maximum Gasteiger partial charge on any atom is 0.367 e. The Morgan fingerprint density at radius 1 is 0.833 bits per heavy atom. The first-order chi connectivity index (χ1) is 11.3. The first-order valence-corrected chi connectivity index (χ1v) is 7.00. The molecule has 0 aromatic carbocycles. The lowest BCUT2D eigenvalue weighted by Crippen LogP contribution is -2.43. The van der Waals surface area contributed by atoms with E-state index in [2.05, 4.69) is 11.5 Å². The molecule has 24 heavy (non-hydrogen) atoms. The quantitative estimate of drug-likeness (QED) is 0.119. The minimum Gasteiger partial charge on any atom is -0.396 e. The molecule has 0 heterocycles. The molecule has 0 radical (unpaired) electrons. The summed E-state index contributed by atoms with van der Waals surface area (Å²) in [6.45, 7) is 1.63. The van der Waals surface area contributed by atoms with Crippen molar-refractivity contribution in [2.75, 3.05) is 52.9 Å². The van der Waals surface area contributed by atoms with Gasteiger partial charge in [-0.15, -0.1) is 0 Å². The van der Waals surface area contributed by atoms with Gasteiger partial charge in [0.25, 0.3) is 0 Å². The molecule has 7 N–H and O–H groups in total. The Balaban J connectivity index is 0. The second kappa shape index (κ2) is 13.2. The van der Waals surface area contributed by atoms with Crippen LogP contribution in [0.5, 0.6) is 0 Å². The lowest BCUT2D eigenvalue weighted by molar-refractivity contribution is -0.229. The van der Waals surface area contributed by atoms with Crippen molar-refractivity contribution < 1.29 is 50.3 Å². The molecule has 0 spiro atoms. The van der Waals surface area contributed by atoms with E-state index >= 15 is 0 Å². The van der Waals surface area contributed by atoms with Crippen LogP contribution in [0.4, 0.5) is 0 Å². The first-order valence-electron chi connectivity index (χ1n) is 7.00. The summed E-state index contributed by atoms with van der Waals surface area (Å²) in [5.74, 6) is -0.792. The highest BCUT2D eigenvalue weighted by Crippen LogP contribution is 2.19. The van der Waals surface area contributed by atoms with Gasteiger partial charge in [0, 0.05) is 5.57 Å². The molecule has 10 nitrogen and oxygen atoms in total. The molecule has 144 valence electrons. The highest BCUT2D eigenvalue weighted by atomic mass is 17.1. The van der Waals surface area contributed by atoms with Gasteiger partial charge in [0.15, 0.2) is 0 Å². The van der Waals surface area contributed by atoms with Gasteiger partial charge in [0.1, 0.15) is 0 Å². The maximum atomic E-state index is 9.94. The Morgan fingerprint density at radius 2 is 1.12 bits per heavy atom. The third kappa shape index (κ3) is 8.66. The molecule has 10 heteroatoms. The third-order valence-electron chi connectivity index (χ3n) is 3.26. The number of aliphatic hydroxyl groups is 6. The Kier molecular flexibility index (Phi) is 13.8. The van der Waals surface area contributed by atoms with E-state index in [0.717, 1.165) is 0 Å². The fourth-order valence-corrected chi connectivity index (χ4v) is 1.14. The molecule has 0 aliphatic rings. The molecule has 0 fully saturated rings. The Bertz CT molecular complexity index is 313. The summed E-state index contributed by atoms with van der Waals surface area (Å²) in [7, 11) is 0. The number of aliphatic hydroxyl groups excluding tert-OH is 6. The van der Waals surface area contributed by atoms with Crippen LogP contribution in [-0.2, 0) is 14.4 Å². The summed E-state index contributed by atoms with van der Waals surface area (Å²) in [4.78, 5) is 13.2. The highest BCUT2D eigenvalue weighted by molar-refractivity contribution is 5.86. The van der Waals surface area contributed by atoms with Gasteiger partial charge in [-0.25, -0.2) is 4.79 Å². The number of hydrogen-bond acceptors (Lipinski definition) is 10. The number of hydrogen-bond donors (Lipinski definition) is 7. The molecule has 0 rings (SSSR count). The van der Waals surface area contributed by atoms with Crippen molar-refractivity contribution in [2.24, 2.45) is 10.8 Å². The van der Waals surface area contributed by atoms with Crippen molar-refractivity contribution in [3.8, 4) is 0 Å². The summed E-state index contributed by atoms with van der Waals surface area (Å²) in [5.41, 5.74) is -2.14. The molecular formula is C14H28O10. The molecular weight excluding hydrogens is 328 g/mol. The van der Waals surface area contributed by atoms with Crippen LogP contribution in [0.3, 0.4) is 0 Å². The predicted octanol–water partition coefficient (Wildman–Crippen LogP) is -2.49. The Hall–Kier alpha value is -1.11. The fourth-order valence-electron chi connectivity index (χ4n) is 1.14. The van der Waals surface area contributed by atoms with E-state index in [1.165, 1.54) is 6.92 Å². The van der Waals surface area contributed by atoms with Crippen molar-refractivity contribution >= 4 is 5.97 Å². The second-order valence-corrected chi connectivity index (χ2v) is 5.60. The van der Waals surface area contributed by atoms with Crippen LogP contribution in [0, 0.1) is 10.8 Å². The van der Waals surface area contributed by atoms with Crippen molar-refractivity contribution in [3.63, 3.8) is 0 Å². The van der Waals surface area contributed by atoms with Gasteiger partial charge in [0.05, 0.1) is 63.7 Å². The monoisotopic (exact) mass is 356 g/mol. The average Bonchev–Trinajstić information content (AvgIpc) is 2.63. The topological polar surface area (TPSA) is 177 Å². The molecule has 0 bridgehead atoms. The molecule has 0 amide bonds. The number of rotatable bonds is 11. The van der Waals surface area contributed by atoms with Crippen LogP contribution >= 0.6 is 0 Å². The summed E-state index contributed by atoms with van der Waals surface area (Å²) in [5, 5.41) is 61.8. The highest BCUT2D eigenvalue weighted by Gasteiger charge is 2.32. The summed E-state index contributed by atoms with van der Waals surface area (Å²) in [6.07, 6.45) is 0. The van der Waals surface area contributed by atoms with Crippen molar-refractivity contribution in [3.05, 3.63) is 12.2 Å². The molecule has 0 saturated carbocycles. The number of ether oxygens (including phenoxy) is 1. The second-order valence-electron chi connectivity index (χ2n) is 5.60. The largest absolute Gasteiger partial charge is 0.396 e. The Labute approximate surface area is 140 Å². The predicted molar refractivity (Wildman–Crippen MR) is 81.7 cm³/mol. The molecule has 0 unspecified atom stereocenters. The zero-order valence-electron chi connectivity index (χ0n) is 13.7. The van der Waals surface area contributed by atoms with Crippen LogP contribution in [-0.4, -0.2) is 94.7 Å². The smallest absolute Gasteiger partial charge is 0.367 e. The maximum absolute atomic E-state index is 9.94. The number of carbonyl (C=O) groups excluding carboxylic acids is 1. The SMILES string of the molecule is C=C(C)C(=O)OO.OCC(CO)(CO)COCC(CO)(CO)CO. The van der Waals surface area contributed by atoms with Crippen LogP contribution < -0.4 is 0 Å². The van der Waals surface area contributed by atoms with Gasteiger partial charge < -0.3 is 35.4 Å². The van der Waals surface area contributed by atoms with Crippen LogP contribution in [0.1, 0.15) is 6.92 Å².